The zero-order valence-electron chi connectivity index (χ0n) is 12.4. The minimum atomic E-state index is -3.63. The lowest BCUT2D eigenvalue weighted by molar-refractivity contribution is 0.0720. The van der Waals surface area contributed by atoms with Crippen molar-refractivity contribution in [2.75, 3.05) is 26.3 Å². The van der Waals surface area contributed by atoms with Crippen LogP contribution in [0.1, 0.15) is 44.9 Å². The van der Waals surface area contributed by atoms with Crippen molar-refractivity contribution in [3.63, 3.8) is 0 Å². The van der Waals surface area contributed by atoms with E-state index in [1.807, 2.05) is 0 Å². The highest BCUT2D eigenvalue weighted by atomic mass is 32.2. The van der Waals surface area contributed by atoms with Crippen LogP contribution in [0.2, 0.25) is 0 Å². The molecule has 2 fully saturated rings. The van der Waals surface area contributed by atoms with Crippen molar-refractivity contribution in [2.45, 2.75) is 50.5 Å². The second-order valence-electron chi connectivity index (χ2n) is 5.88. The number of amidine groups is 1. The molecule has 0 radical (unpaired) electrons. The van der Waals surface area contributed by atoms with Crippen LogP contribution >= 0.6 is 0 Å². The number of hydrogen-bond acceptors (Lipinski definition) is 4. The molecular formula is C13H26N4O3S. The van der Waals surface area contributed by atoms with Crippen LogP contribution in [0.4, 0.5) is 0 Å². The summed E-state index contributed by atoms with van der Waals surface area (Å²) in [6.45, 7) is 1.52. The first-order chi connectivity index (χ1) is 9.96. The molecule has 0 bridgehead atoms. The molecule has 1 heterocycles. The Morgan fingerprint density at radius 3 is 2.14 bits per heavy atom. The molecule has 2 rings (SSSR count). The first-order valence-electron chi connectivity index (χ1n) is 7.68. The first kappa shape index (κ1) is 16.7. The fraction of sp³-hybridized carbons (Fsp3) is 0.923. The Bertz CT molecular complexity index is 452. The quantitative estimate of drug-likeness (QED) is 0.520. The molecule has 0 aromatic rings. The highest BCUT2D eigenvalue weighted by Crippen LogP contribution is 2.27. The molecule has 21 heavy (non-hydrogen) atoms. The van der Waals surface area contributed by atoms with Crippen LogP contribution in [-0.4, -0.2) is 50.4 Å². The zero-order chi connectivity index (χ0) is 15.3. The molecule has 4 N–H and O–H groups in total. The van der Waals surface area contributed by atoms with Gasteiger partial charge in [0.2, 0.25) is 0 Å². The van der Waals surface area contributed by atoms with Gasteiger partial charge < -0.3 is 10.5 Å². The summed E-state index contributed by atoms with van der Waals surface area (Å²) in [5.74, 6) is -0.0683. The van der Waals surface area contributed by atoms with Gasteiger partial charge in [-0.2, -0.15) is 17.4 Å². The Hall–Kier alpha value is -0.700. The van der Waals surface area contributed by atoms with E-state index in [-0.39, 0.29) is 5.84 Å². The predicted octanol–water partition coefficient (Wildman–Crippen LogP) is 0.572. The lowest BCUT2D eigenvalue weighted by Gasteiger charge is -2.37. The summed E-state index contributed by atoms with van der Waals surface area (Å²) in [6, 6.07) is 0. The molecule has 7 nitrogen and oxygen atoms in total. The van der Waals surface area contributed by atoms with Gasteiger partial charge in [-0.15, -0.1) is 0 Å². The van der Waals surface area contributed by atoms with E-state index in [0.29, 0.717) is 39.1 Å². The molecule has 0 aromatic carbocycles. The summed E-state index contributed by atoms with van der Waals surface area (Å²) in [6.07, 6.45) is 6.29. The molecular weight excluding hydrogens is 292 g/mol. The monoisotopic (exact) mass is 318 g/mol. The van der Waals surface area contributed by atoms with Gasteiger partial charge in [-0.25, -0.2) is 0 Å². The van der Waals surface area contributed by atoms with E-state index < -0.39 is 15.7 Å². The van der Waals surface area contributed by atoms with E-state index in [2.05, 4.69) is 4.72 Å². The topological polar surface area (TPSA) is 109 Å². The minimum Gasteiger partial charge on any atom is -0.386 e. The third-order valence-electron chi connectivity index (χ3n) is 4.36. The summed E-state index contributed by atoms with van der Waals surface area (Å²) in [5.41, 5.74) is 4.85. The van der Waals surface area contributed by atoms with Gasteiger partial charge in [0.25, 0.3) is 10.2 Å². The van der Waals surface area contributed by atoms with Gasteiger partial charge in [-0.05, 0) is 12.8 Å². The molecule has 122 valence electrons. The molecule has 0 aromatic heterocycles. The van der Waals surface area contributed by atoms with Crippen molar-refractivity contribution >= 4 is 16.0 Å². The Balaban J connectivity index is 2.15. The number of nitrogens with two attached hydrogens (primary N) is 1. The third kappa shape index (κ3) is 4.15. The SMILES string of the molecule is N=C(N)C1(NS(=O)(=O)N2CCOCC2)CCCCCCC1. The molecule has 0 amide bonds. The maximum absolute atomic E-state index is 12.6. The number of morpholine rings is 1. The van der Waals surface area contributed by atoms with E-state index in [4.69, 9.17) is 15.9 Å². The molecule has 1 aliphatic heterocycles. The van der Waals surface area contributed by atoms with E-state index in [0.717, 1.165) is 25.7 Å². The van der Waals surface area contributed by atoms with Crippen molar-refractivity contribution in [3.05, 3.63) is 0 Å². The van der Waals surface area contributed by atoms with E-state index in [1.54, 1.807) is 0 Å². The Morgan fingerprint density at radius 2 is 1.62 bits per heavy atom. The summed E-state index contributed by atoms with van der Waals surface area (Å²) in [5, 5.41) is 7.91. The normalized spacial score (nSPS) is 25.0. The van der Waals surface area contributed by atoms with E-state index >= 15 is 0 Å². The van der Waals surface area contributed by atoms with Gasteiger partial charge in [0.1, 0.15) is 5.84 Å². The van der Waals surface area contributed by atoms with Crippen LogP contribution in [0, 0.1) is 5.41 Å². The average molecular weight is 318 g/mol. The van der Waals surface area contributed by atoms with Crippen molar-refractivity contribution in [1.82, 2.24) is 9.03 Å². The average Bonchev–Trinajstić information content (AvgIpc) is 2.42. The second kappa shape index (κ2) is 7.04. The molecule has 1 saturated heterocycles. The number of rotatable bonds is 4. The largest absolute Gasteiger partial charge is 0.386 e. The van der Waals surface area contributed by atoms with Crippen molar-refractivity contribution < 1.29 is 13.2 Å². The van der Waals surface area contributed by atoms with Crippen LogP contribution in [0.15, 0.2) is 0 Å². The van der Waals surface area contributed by atoms with Gasteiger partial charge in [0.15, 0.2) is 0 Å². The minimum absolute atomic E-state index is 0.0683. The molecule has 1 saturated carbocycles. The van der Waals surface area contributed by atoms with Crippen LogP contribution < -0.4 is 10.5 Å². The smallest absolute Gasteiger partial charge is 0.280 e. The Labute approximate surface area is 126 Å². The van der Waals surface area contributed by atoms with Crippen LogP contribution in [-0.2, 0) is 14.9 Å². The molecule has 0 unspecified atom stereocenters. The highest BCUT2D eigenvalue weighted by molar-refractivity contribution is 7.87. The Kier molecular flexibility index (Phi) is 5.59. The maximum atomic E-state index is 12.6. The van der Waals surface area contributed by atoms with Crippen LogP contribution in [0.5, 0.6) is 0 Å². The van der Waals surface area contributed by atoms with Gasteiger partial charge in [-0.1, -0.05) is 32.1 Å². The predicted molar refractivity (Wildman–Crippen MR) is 81.4 cm³/mol. The number of hydrogen-bond donors (Lipinski definition) is 3. The zero-order valence-corrected chi connectivity index (χ0v) is 13.3. The number of ether oxygens (including phenoxy) is 1. The lowest BCUT2D eigenvalue weighted by Crippen LogP contribution is -2.61. The maximum Gasteiger partial charge on any atom is 0.280 e. The summed E-state index contributed by atoms with van der Waals surface area (Å²) in [7, 11) is -3.63. The summed E-state index contributed by atoms with van der Waals surface area (Å²) >= 11 is 0. The van der Waals surface area contributed by atoms with E-state index in [1.165, 1.54) is 10.7 Å². The van der Waals surface area contributed by atoms with Gasteiger partial charge in [0.05, 0.1) is 18.8 Å². The van der Waals surface area contributed by atoms with Gasteiger partial charge in [0, 0.05) is 13.1 Å². The number of nitrogens with zero attached hydrogens (tertiary/aromatic N) is 1. The Morgan fingerprint density at radius 1 is 1.10 bits per heavy atom. The standard InChI is InChI=1S/C13H26N4O3S/c14-12(15)13(6-4-2-1-3-5-7-13)16-21(18,19)17-8-10-20-11-9-17/h16H,1-11H2,(H3,14,15). The molecule has 1 aliphatic carbocycles. The molecule has 8 heteroatoms. The molecule has 2 aliphatic rings. The van der Waals surface area contributed by atoms with Gasteiger partial charge >= 0.3 is 0 Å². The van der Waals surface area contributed by atoms with Crippen LogP contribution in [0.25, 0.3) is 0 Å². The molecule has 0 spiro atoms. The van der Waals surface area contributed by atoms with Gasteiger partial charge in [-0.3, -0.25) is 5.41 Å². The fourth-order valence-corrected chi connectivity index (χ4v) is 4.60. The summed E-state index contributed by atoms with van der Waals surface area (Å²) in [4.78, 5) is 0. The second-order valence-corrected chi connectivity index (χ2v) is 7.55. The highest BCUT2D eigenvalue weighted by Gasteiger charge is 2.39. The third-order valence-corrected chi connectivity index (χ3v) is 6.05. The van der Waals surface area contributed by atoms with Crippen molar-refractivity contribution in [3.8, 4) is 0 Å². The van der Waals surface area contributed by atoms with E-state index in [9.17, 15) is 8.42 Å². The molecule has 0 atom stereocenters. The van der Waals surface area contributed by atoms with Crippen molar-refractivity contribution in [2.24, 2.45) is 5.73 Å². The lowest BCUT2D eigenvalue weighted by atomic mass is 9.84. The van der Waals surface area contributed by atoms with Crippen LogP contribution in [0.3, 0.4) is 0 Å². The summed E-state index contributed by atoms with van der Waals surface area (Å²) < 4.78 is 34.5. The first-order valence-corrected chi connectivity index (χ1v) is 9.12. The number of nitrogens with one attached hydrogen (secondary N) is 2. The van der Waals surface area contributed by atoms with Crippen molar-refractivity contribution in [1.29, 1.82) is 5.41 Å². The fourth-order valence-electron chi connectivity index (χ4n) is 3.03.